The Labute approximate surface area is 109 Å². The van der Waals surface area contributed by atoms with Crippen molar-refractivity contribution in [3.63, 3.8) is 0 Å². The van der Waals surface area contributed by atoms with E-state index in [1.807, 2.05) is 0 Å². The second-order valence-corrected chi connectivity index (χ2v) is 4.77. The first-order chi connectivity index (χ1) is 9.13. The Morgan fingerprint density at radius 2 is 2.32 bits per heavy atom. The minimum Gasteiger partial charge on any atom is -0.392 e. The van der Waals surface area contributed by atoms with Gasteiger partial charge >= 0.3 is 0 Å². The zero-order valence-corrected chi connectivity index (χ0v) is 10.4. The summed E-state index contributed by atoms with van der Waals surface area (Å²) in [5.41, 5.74) is 1.16. The predicted octanol–water partition coefficient (Wildman–Crippen LogP) is 1.58. The van der Waals surface area contributed by atoms with E-state index in [4.69, 9.17) is 4.52 Å². The number of benzene rings is 1. The van der Waals surface area contributed by atoms with Gasteiger partial charge in [0, 0.05) is 12.1 Å². The number of aromatic nitrogens is 2. The van der Waals surface area contributed by atoms with Crippen LogP contribution in [0.25, 0.3) is 11.4 Å². The normalized spacial score (nSPS) is 22.9. The van der Waals surface area contributed by atoms with Crippen LogP contribution in [-0.2, 0) is 0 Å². The Bertz CT molecular complexity index is 599. The van der Waals surface area contributed by atoms with Crippen LogP contribution in [0.15, 0.2) is 22.7 Å². The number of hydrogen-bond acceptors (Lipinski definition) is 5. The molecule has 1 aromatic carbocycles. The Balaban J connectivity index is 1.86. The van der Waals surface area contributed by atoms with E-state index in [1.54, 1.807) is 19.1 Å². The van der Waals surface area contributed by atoms with Crippen LogP contribution in [0.5, 0.6) is 0 Å². The molecule has 0 spiro atoms. The van der Waals surface area contributed by atoms with Crippen LogP contribution >= 0.6 is 0 Å². The number of aryl methyl sites for hydroxylation is 1. The lowest BCUT2D eigenvalue weighted by molar-refractivity contribution is 0.191. The first-order valence-corrected chi connectivity index (χ1v) is 6.15. The van der Waals surface area contributed by atoms with Crippen molar-refractivity contribution in [1.82, 2.24) is 15.5 Å². The fourth-order valence-corrected chi connectivity index (χ4v) is 2.13. The van der Waals surface area contributed by atoms with Gasteiger partial charge in [-0.3, -0.25) is 0 Å². The molecule has 1 aliphatic heterocycles. The highest BCUT2D eigenvalue weighted by atomic mass is 19.1. The van der Waals surface area contributed by atoms with Crippen LogP contribution in [-0.4, -0.2) is 27.9 Å². The fourth-order valence-electron chi connectivity index (χ4n) is 2.13. The van der Waals surface area contributed by atoms with Gasteiger partial charge in [-0.1, -0.05) is 17.3 Å². The highest BCUT2D eigenvalue weighted by Crippen LogP contribution is 2.25. The highest BCUT2D eigenvalue weighted by molar-refractivity contribution is 5.55. The molecule has 1 aromatic heterocycles. The van der Waals surface area contributed by atoms with Crippen molar-refractivity contribution in [3.8, 4) is 11.4 Å². The Hall–Kier alpha value is -1.79. The molecule has 3 rings (SSSR count). The summed E-state index contributed by atoms with van der Waals surface area (Å²) in [4.78, 5) is 4.25. The van der Waals surface area contributed by atoms with Gasteiger partial charge in [0.25, 0.3) is 0 Å². The molecule has 1 aliphatic rings. The molecule has 5 nitrogen and oxygen atoms in total. The minimum atomic E-state index is -0.392. The SMILES string of the molecule is Cc1ccc(-c2noc([C@@H]3C[C@@H](O)CN3)n2)cc1F. The second kappa shape index (κ2) is 4.71. The zero-order valence-electron chi connectivity index (χ0n) is 10.4. The number of aliphatic hydroxyl groups excluding tert-OH is 1. The van der Waals surface area contributed by atoms with E-state index in [9.17, 15) is 9.50 Å². The van der Waals surface area contributed by atoms with Crippen LogP contribution in [0.4, 0.5) is 4.39 Å². The number of halogens is 1. The maximum absolute atomic E-state index is 13.5. The third-order valence-corrected chi connectivity index (χ3v) is 3.28. The first kappa shape index (κ1) is 12.3. The summed E-state index contributed by atoms with van der Waals surface area (Å²) in [5.74, 6) is 0.489. The van der Waals surface area contributed by atoms with Crippen molar-refractivity contribution < 1.29 is 14.0 Å². The zero-order chi connectivity index (χ0) is 13.4. The molecule has 0 radical (unpaired) electrons. The van der Waals surface area contributed by atoms with Gasteiger partial charge in [-0.2, -0.15) is 4.98 Å². The highest BCUT2D eigenvalue weighted by Gasteiger charge is 2.28. The van der Waals surface area contributed by atoms with Crippen molar-refractivity contribution in [2.45, 2.75) is 25.5 Å². The van der Waals surface area contributed by atoms with Crippen molar-refractivity contribution >= 4 is 0 Å². The van der Waals surface area contributed by atoms with E-state index >= 15 is 0 Å². The van der Waals surface area contributed by atoms with Gasteiger partial charge in [0.15, 0.2) is 0 Å². The molecule has 0 unspecified atom stereocenters. The number of β-amino-alcohol motifs (C(OH)–C–C–N with tert-alkyl or cyclic N) is 1. The van der Waals surface area contributed by atoms with Gasteiger partial charge in [0.05, 0.1) is 12.1 Å². The summed E-state index contributed by atoms with van der Waals surface area (Å²) in [6.07, 6.45) is 0.154. The largest absolute Gasteiger partial charge is 0.392 e. The summed E-state index contributed by atoms with van der Waals surface area (Å²) in [5, 5.41) is 16.4. The van der Waals surface area contributed by atoms with Gasteiger partial charge in [-0.25, -0.2) is 4.39 Å². The molecule has 100 valence electrons. The van der Waals surface area contributed by atoms with Crippen molar-refractivity contribution in [1.29, 1.82) is 0 Å². The maximum atomic E-state index is 13.5. The molecular formula is C13H14FN3O2. The molecule has 19 heavy (non-hydrogen) atoms. The standard InChI is InChI=1S/C13H14FN3O2/c1-7-2-3-8(4-10(7)14)12-16-13(19-17-12)11-5-9(18)6-15-11/h2-4,9,11,15,18H,5-6H2,1H3/t9-,11+/m1/s1. The second-order valence-electron chi connectivity index (χ2n) is 4.77. The fraction of sp³-hybridized carbons (Fsp3) is 0.385. The van der Waals surface area contributed by atoms with Gasteiger partial charge in [-0.15, -0.1) is 0 Å². The average molecular weight is 263 g/mol. The molecular weight excluding hydrogens is 249 g/mol. The van der Waals surface area contributed by atoms with E-state index in [1.165, 1.54) is 6.07 Å². The Kier molecular flexibility index (Phi) is 3.04. The number of hydrogen-bond donors (Lipinski definition) is 2. The number of nitrogens with zero attached hydrogens (tertiary/aromatic N) is 2. The third kappa shape index (κ3) is 2.36. The van der Waals surface area contributed by atoms with E-state index < -0.39 is 6.10 Å². The van der Waals surface area contributed by atoms with Crippen LogP contribution in [0.1, 0.15) is 23.9 Å². The summed E-state index contributed by atoms with van der Waals surface area (Å²) in [6.45, 7) is 2.21. The van der Waals surface area contributed by atoms with Crippen LogP contribution in [0.3, 0.4) is 0 Å². The quantitative estimate of drug-likeness (QED) is 0.860. The number of aliphatic hydroxyl groups is 1. The molecule has 0 amide bonds. The van der Waals surface area contributed by atoms with Gasteiger partial charge in [0.2, 0.25) is 11.7 Å². The van der Waals surface area contributed by atoms with Gasteiger partial charge in [0.1, 0.15) is 5.82 Å². The van der Waals surface area contributed by atoms with Crippen molar-refractivity contribution in [2.75, 3.05) is 6.54 Å². The van der Waals surface area contributed by atoms with E-state index in [0.717, 1.165) is 0 Å². The lowest BCUT2D eigenvalue weighted by Gasteiger charge is -2.01. The number of rotatable bonds is 2. The van der Waals surface area contributed by atoms with Gasteiger partial charge < -0.3 is 14.9 Å². The Morgan fingerprint density at radius 3 is 3.00 bits per heavy atom. The third-order valence-electron chi connectivity index (χ3n) is 3.28. The average Bonchev–Trinajstić information content (AvgIpc) is 3.01. The topological polar surface area (TPSA) is 71.2 Å². The minimum absolute atomic E-state index is 0.133. The first-order valence-electron chi connectivity index (χ1n) is 6.15. The summed E-state index contributed by atoms with van der Waals surface area (Å²) in [6, 6.07) is 4.69. The maximum Gasteiger partial charge on any atom is 0.244 e. The lowest BCUT2D eigenvalue weighted by atomic mass is 10.1. The monoisotopic (exact) mass is 263 g/mol. The molecule has 1 fully saturated rings. The molecule has 6 heteroatoms. The van der Waals surface area contributed by atoms with Crippen molar-refractivity contribution in [2.24, 2.45) is 0 Å². The summed E-state index contributed by atoms with van der Waals surface area (Å²) in [7, 11) is 0. The summed E-state index contributed by atoms with van der Waals surface area (Å²) < 4.78 is 18.7. The Morgan fingerprint density at radius 1 is 1.47 bits per heavy atom. The van der Waals surface area contributed by atoms with Crippen molar-refractivity contribution in [3.05, 3.63) is 35.5 Å². The molecule has 0 bridgehead atoms. The van der Waals surface area contributed by atoms with E-state index in [-0.39, 0.29) is 11.9 Å². The molecule has 1 saturated heterocycles. The smallest absolute Gasteiger partial charge is 0.244 e. The molecule has 0 saturated carbocycles. The molecule has 0 aliphatic carbocycles. The molecule has 2 N–H and O–H groups in total. The van der Waals surface area contributed by atoms with Crippen LogP contribution in [0.2, 0.25) is 0 Å². The summed E-state index contributed by atoms with van der Waals surface area (Å²) >= 11 is 0. The lowest BCUT2D eigenvalue weighted by Crippen LogP contribution is -2.15. The van der Waals surface area contributed by atoms with Crippen LogP contribution < -0.4 is 5.32 Å². The predicted molar refractivity (Wildman–Crippen MR) is 65.8 cm³/mol. The van der Waals surface area contributed by atoms with E-state index in [0.29, 0.717) is 35.8 Å². The molecule has 2 heterocycles. The number of nitrogens with one attached hydrogen (secondary N) is 1. The molecule has 2 aromatic rings. The van der Waals surface area contributed by atoms with E-state index in [2.05, 4.69) is 15.5 Å². The molecule has 2 atom stereocenters. The van der Waals surface area contributed by atoms with Gasteiger partial charge in [-0.05, 0) is 25.0 Å². The van der Waals surface area contributed by atoms with Crippen LogP contribution in [0, 0.1) is 12.7 Å².